The Bertz CT molecular complexity index is 1240. The summed E-state index contributed by atoms with van der Waals surface area (Å²) < 4.78 is 0. The average molecular weight is 622 g/mol. The van der Waals surface area contributed by atoms with Crippen LogP contribution in [0, 0.1) is 0 Å². The molecule has 0 aliphatic heterocycles. The maximum Gasteiger partial charge on any atom is 0.103 e. The van der Waals surface area contributed by atoms with Gasteiger partial charge in [0.15, 0.2) is 0 Å². The highest BCUT2D eigenvalue weighted by Crippen LogP contribution is 2.18. The number of hydrogen-bond donors (Lipinski definition) is 2. The van der Waals surface area contributed by atoms with Gasteiger partial charge >= 0.3 is 0 Å². The number of hydrogen-bond acceptors (Lipinski definition) is 2. The summed E-state index contributed by atoms with van der Waals surface area (Å²) in [6, 6.07) is 30.5. The molecule has 0 bridgehead atoms. The first kappa shape index (κ1) is 36.0. The van der Waals surface area contributed by atoms with Crippen LogP contribution >= 0.6 is 0 Å². The van der Waals surface area contributed by atoms with Crippen molar-refractivity contribution in [2.75, 3.05) is 26.2 Å². The van der Waals surface area contributed by atoms with Crippen LogP contribution in [0.15, 0.2) is 96.6 Å². The third kappa shape index (κ3) is 11.8. The molecule has 4 nitrogen and oxygen atoms in total. The van der Waals surface area contributed by atoms with Crippen molar-refractivity contribution in [1.82, 2.24) is 0 Å². The zero-order valence-electron chi connectivity index (χ0n) is 25.8. The summed E-state index contributed by atoms with van der Waals surface area (Å²) in [5, 5.41) is 15.4. The number of benzene rings is 4. The highest BCUT2D eigenvalue weighted by atomic mass is 79.9. The van der Waals surface area contributed by atoms with Gasteiger partial charge in [0, 0.05) is 11.1 Å². The Kier molecular flexibility index (Phi) is 17.6. The topological polar surface area (TPSA) is 49.0 Å². The molecule has 0 amide bonds. The van der Waals surface area contributed by atoms with E-state index in [-0.39, 0.29) is 17.0 Å². The van der Waals surface area contributed by atoms with Crippen molar-refractivity contribution in [3.8, 4) is 0 Å². The number of carbonyl (C=O) groups excluding carboxylic acids is 1. The summed E-state index contributed by atoms with van der Waals surface area (Å²) >= 11 is 0. The van der Waals surface area contributed by atoms with E-state index in [1.807, 2.05) is 6.92 Å². The molecule has 0 aliphatic rings. The predicted molar refractivity (Wildman–Crippen MR) is 168 cm³/mol. The van der Waals surface area contributed by atoms with E-state index in [0.717, 1.165) is 19.5 Å². The highest BCUT2D eigenvalue weighted by molar-refractivity contribution is 5.86. The molecule has 2 N–H and O–H groups in total. The molecule has 0 aromatic heterocycles. The number of carboxylic acid groups (broad SMARTS) is 1. The highest BCUT2D eigenvalue weighted by Gasteiger charge is 2.08. The minimum atomic E-state index is -1.08. The molecule has 0 aliphatic carbocycles. The minimum absolute atomic E-state index is 0. The molecule has 0 saturated heterocycles. The van der Waals surface area contributed by atoms with E-state index in [4.69, 9.17) is 0 Å². The van der Waals surface area contributed by atoms with E-state index in [9.17, 15) is 9.90 Å². The third-order valence-electron chi connectivity index (χ3n) is 7.47. The van der Waals surface area contributed by atoms with Gasteiger partial charge in [-0.05, 0) is 68.2 Å². The Morgan fingerprint density at radius 3 is 1.32 bits per heavy atom. The Balaban J connectivity index is 0.000000322. The minimum Gasteiger partial charge on any atom is -1.00 e. The zero-order chi connectivity index (χ0) is 29.3. The Hall–Kier alpha value is -2.99. The molecule has 0 atom stereocenters. The monoisotopic (exact) mass is 620 g/mol. The molecule has 4 aromatic rings. The van der Waals surface area contributed by atoms with Crippen LogP contribution in [0.1, 0.15) is 59.1 Å². The number of halogens is 1. The number of allylic oxidation sites excluding steroid dienone is 1. The molecule has 0 unspecified atom stereocenters. The molecule has 0 spiro atoms. The van der Waals surface area contributed by atoms with Crippen LogP contribution < -0.4 is 31.9 Å². The lowest BCUT2D eigenvalue weighted by Gasteiger charge is -2.16. The third-order valence-corrected chi connectivity index (χ3v) is 7.47. The fraction of sp³-hybridized carbons (Fsp3) is 0.361. The van der Waals surface area contributed by atoms with Gasteiger partial charge < -0.3 is 36.7 Å². The molecule has 4 aromatic carbocycles. The number of carboxylic acids is 1. The maximum atomic E-state index is 9.91. The number of rotatable bonds is 10. The first-order chi connectivity index (χ1) is 19.4. The summed E-state index contributed by atoms with van der Waals surface area (Å²) in [6.45, 7) is 19.5. The second-order valence-electron chi connectivity index (χ2n) is 10.1. The molecule has 0 saturated carbocycles. The van der Waals surface area contributed by atoms with Crippen LogP contribution in [0.4, 0.5) is 0 Å². The Morgan fingerprint density at radius 1 is 0.634 bits per heavy atom. The lowest BCUT2D eigenvalue weighted by atomic mass is 10.0. The van der Waals surface area contributed by atoms with E-state index in [2.05, 4.69) is 113 Å². The molecule has 222 valence electrons. The summed E-state index contributed by atoms with van der Waals surface area (Å²) in [5.74, 6) is -1.08. The standard InChI is InChI=1S/2C15H19N.C6H10O2.BrH/c2*1-3-16(4-2)12-14-10-7-9-13-8-5-6-11-15(13)14;1-3-4-5(2)6(7)8;/h2*5-11H,3-4,12H2,1-2H3;4H,3H2,1-2H3,(H,7,8);1H. The smallest absolute Gasteiger partial charge is 0.103 e. The van der Waals surface area contributed by atoms with Crippen molar-refractivity contribution in [3.63, 3.8) is 0 Å². The second kappa shape index (κ2) is 20.0. The van der Waals surface area contributed by atoms with Gasteiger partial charge in [0.2, 0.25) is 0 Å². The summed E-state index contributed by atoms with van der Waals surface area (Å²) in [7, 11) is 0. The van der Waals surface area contributed by atoms with Crippen LogP contribution in [-0.4, -0.2) is 32.1 Å². The second-order valence-corrected chi connectivity index (χ2v) is 10.1. The maximum absolute atomic E-state index is 9.91. The number of carbonyl (C=O) groups is 1. The fourth-order valence-corrected chi connectivity index (χ4v) is 4.82. The first-order valence-electron chi connectivity index (χ1n) is 14.9. The van der Waals surface area contributed by atoms with Crippen molar-refractivity contribution in [1.29, 1.82) is 0 Å². The molecule has 0 heterocycles. The molecule has 0 fully saturated rings. The van der Waals surface area contributed by atoms with Crippen molar-refractivity contribution in [2.24, 2.45) is 0 Å². The van der Waals surface area contributed by atoms with Crippen LogP contribution in [0.25, 0.3) is 21.5 Å². The largest absolute Gasteiger partial charge is 1.00 e. The lowest BCUT2D eigenvalue weighted by molar-refractivity contribution is -0.910. The van der Waals surface area contributed by atoms with Crippen LogP contribution in [0.5, 0.6) is 0 Å². The summed E-state index contributed by atoms with van der Waals surface area (Å²) in [4.78, 5) is 13.2. The fourth-order valence-electron chi connectivity index (χ4n) is 4.82. The van der Waals surface area contributed by atoms with Crippen molar-refractivity contribution in [3.05, 3.63) is 108 Å². The van der Waals surface area contributed by atoms with Gasteiger partial charge in [-0.15, -0.1) is 0 Å². The number of quaternary nitrogens is 2. The van der Waals surface area contributed by atoms with Gasteiger partial charge in [-0.25, -0.2) is 0 Å². The van der Waals surface area contributed by atoms with Gasteiger partial charge in [0.05, 0.1) is 32.1 Å². The average Bonchev–Trinajstić information content (AvgIpc) is 2.99. The molecular weight excluding hydrogens is 572 g/mol. The van der Waals surface area contributed by atoms with Gasteiger partial charge in [0.1, 0.15) is 13.1 Å². The quantitative estimate of drug-likeness (QED) is 0.265. The Labute approximate surface area is 258 Å². The molecular formula is C36H49BrN2O2. The van der Waals surface area contributed by atoms with Gasteiger partial charge in [-0.2, -0.15) is 0 Å². The van der Waals surface area contributed by atoms with Crippen molar-refractivity contribution < 1.29 is 36.7 Å². The molecule has 5 heteroatoms. The van der Waals surface area contributed by atoms with Crippen LogP contribution in [-0.2, 0) is 17.9 Å². The number of fused-ring (bicyclic) bond motifs is 2. The van der Waals surface area contributed by atoms with E-state index in [1.165, 1.54) is 65.8 Å². The molecule has 4 rings (SSSR count). The molecule has 0 radical (unpaired) electrons. The van der Waals surface area contributed by atoms with Gasteiger partial charge in [-0.3, -0.25) is 0 Å². The van der Waals surface area contributed by atoms with Crippen molar-refractivity contribution >= 4 is 27.5 Å². The van der Waals surface area contributed by atoms with Gasteiger partial charge in [0.25, 0.3) is 0 Å². The van der Waals surface area contributed by atoms with E-state index >= 15 is 0 Å². The summed E-state index contributed by atoms with van der Waals surface area (Å²) in [6.07, 6.45) is 2.37. The first-order valence-corrected chi connectivity index (χ1v) is 14.9. The Morgan fingerprint density at radius 2 is 1.00 bits per heavy atom. The van der Waals surface area contributed by atoms with Crippen LogP contribution in [0.3, 0.4) is 0 Å². The number of nitrogens with one attached hydrogen (secondary N) is 2. The van der Waals surface area contributed by atoms with Crippen LogP contribution in [0.2, 0.25) is 0 Å². The van der Waals surface area contributed by atoms with Gasteiger partial charge in [-0.1, -0.05) is 97.9 Å². The lowest BCUT2D eigenvalue weighted by Crippen LogP contribution is -3.10. The van der Waals surface area contributed by atoms with E-state index in [1.54, 1.807) is 15.9 Å². The normalized spacial score (nSPS) is 11.0. The summed E-state index contributed by atoms with van der Waals surface area (Å²) in [5.41, 5.74) is 3.25. The number of aliphatic carboxylic acids is 1. The van der Waals surface area contributed by atoms with E-state index < -0.39 is 5.97 Å². The molecule has 41 heavy (non-hydrogen) atoms. The predicted octanol–water partition coefficient (Wildman–Crippen LogP) is 1.63. The SMILES string of the molecule is CCC=C(C)C(=O)[O-].CC[NH+](CC)Cc1cccc2ccccc12.CC[NH+](CC)Cc1cccc2ccccc12.[Br-]. The van der Waals surface area contributed by atoms with Crippen molar-refractivity contribution in [2.45, 2.75) is 61.1 Å². The van der Waals surface area contributed by atoms with E-state index in [0.29, 0.717) is 5.57 Å². The zero-order valence-corrected chi connectivity index (χ0v) is 27.4.